The summed E-state index contributed by atoms with van der Waals surface area (Å²) in [7, 11) is 1.65. The van der Waals surface area contributed by atoms with Gasteiger partial charge in [0.25, 0.3) is 0 Å². The minimum absolute atomic E-state index is 0.0460. The molecule has 146 valence electrons. The average molecular weight is 484 g/mol. The molecule has 27 heavy (non-hydrogen) atoms. The highest BCUT2D eigenvalue weighted by Crippen LogP contribution is 2.26. The number of rotatable bonds is 8. The van der Waals surface area contributed by atoms with E-state index in [1.54, 1.807) is 13.2 Å². The van der Waals surface area contributed by atoms with Gasteiger partial charge in [-0.1, -0.05) is 53.8 Å². The molecule has 1 aromatic rings. The molecular weight excluding hydrogens is 459 g/mol. The Bertz CT molecular complexity index is 723. The highest BCUT2D eigenvalue weighted by atomic mass is 127. The topological polar surface area (TPSA) is 93.2 Å². The molecule has 0 spiro atoms. The maximum absolute atomic E-state index is 12.4. The summed E-state index contributed by atoms with van der Waals surface area (Å²) in [6, 6.07) is 1.83. The van der Waals surface area contributed by atoms with Gasteiger partial charge in [-0.15, -0.1) is 0 Å². The predicted molar refractivity (Wildman–Crippen MR) is 113 cm³/mol. The van der Waals surface area contributed by atoms with Crippen LogP contribution in [0.15, 0.2) is 36.7 Å². The number of nitrogens with zero attached hydrogens (tertiary/aromatic N) is 2. The second-order valence-corrected chi connectivity index (χ2v) is 7.87. The van der Waals surface area contributed by atoms with Crippen LogP contribution in [0.4, 0.5) is 5.82 Å². The van der Waals surface area contributed by atoms with Crippen molar-refractivity contribution in [3.63, 3.8) is 0 Å². The van der Waals surface area contributed by atoms with Gasteiger partial charge in [0.05, 0.1) is 15.7 Å². The van der Waals surface area contributed by atoms with E-state index in [0.717, 1.165) is 12.1 Å². The van der Waals surface area contributed by atoms with Gasteiger partial charge in [-0.25, -0.2) is 9.97 Å². The van der Waals surface area contributed by atoms with Crippen LogP contribution in [0, 0.1) is 0 Å². The molecule has 1 aliphatic rings. The first-order valence-corrected chi connectivity index (χ1v) is 10.1. The largest absolute Gasteiger partial charge is 0.376 e. The SMILES string of the molecule is CCC(C)NC(=O)CC(I)C(=O)Nc1cc(C2C=CC=CC2OC)ncn1. The highest BCUT2D eigenvalue weighted by Gasteiger charge is 2.23. The second-order valence-electron chi connectivity index (χ2n) is 6.36. The molecule has 1 heterocycles. The molecule has 0 aromatic carbocycles. The van der Waals surface area contributed by atoms with Gasteiger partial charge in [0.1, 0.15) is 12.1 Å². The second kappa shape index (κ2) is 10.5. The van der Waals surface area contributed by atoms with Gasteiger partial charge in [0, 0.05) is 31.6 Å². The van der Waals surface area contributed by atoms with Crippen molar-refractivity contribution >= 4 is 40.2 Å². The lowest BCUT2D eigenvalue weighted by Crippen LogP contribution is -2.36. The van der Waals surface area contributed by atoms with Crippen molar-refractivity contribution in [2.24, 2.45) is 0 Å². The Balaban J connectivity index is 1.99. The Morgan fingerprint density at radius 2 is 2.04 bits per heavy atom. The predicted octanol–water partition coefficient (Wildman–Crippen LogP) is 2.75. The minimum Gasteiger partial charge on any atom is -0.376 e. The van der Waals surface area contributed by atoms with Crippen LogP contribution in [0.3, 0.4) is 0 Å². The van der Waals surface area contributed by atoms with Crippen LogP contribution < -0.4 is 10.6 Å². The van der Waals surface area contributed by atoms with E-state index in [9.17, 15) is 9.59 Å². The van der Waals surface area contributed by atoms with Crippen molar-refractivity contribution in [1.82, 2.24) is 15.3 Å². The number of amides is 2. The van der Waals surface area contributed by atoms with Crippen LogP contribution in [-0.2, 0) is 14.3 Å². The van der Waals surface area contributed by atoms with E-state index in [4.69, 9.17) is 4.74 Å². The number of carbonyl (C=O) groups is 2. The fraction of sp³-hybridized carbons (Fsp3) is 0.474. The smallest absolute Gasteiger partial charge is 0.239 e. The van der Waals surface area contributed by atoms with Crippen LogP contribution in [0.1, 0.15) is 38.3 Å². The number of methoxy groups -OCH3 is 1. The van der Waals surface area contributed by atoms with Crippen LogP contribution in [-0.4, -0.2) is 45.0 Å². The number of aromatic nitrogens is 2. The zero-order valence-electron chi connectivity index (χ0n) is 15.7. The number of ether oxygens (including phenoxy) is 1. The van der Waals surface area contributed by atoms with Crippen LogP contribution >= 0.6 is 22.6 Å². The first-order chi connectivity index (χ1) is 12.9. The summed E-state index contributed by atoms with van der Waals surface area (Å²) < 4.78 is 4.98. The van der Waals surface area contributed by atoms with E-state index < -0.39 is 3.92 Å². The molecule has 0 radical (unpaired) electrons. The minimum atomic E-state index is -0.491. The molecule has 4 atom stereocenters. The summed E-state index contributed by atoms with van der Waals surface area (Å²) in [6.07, 6.45) is 10.1. The lowest BCUT2D eigenvalue weighted by atomic mass is 9.94. The van der Waals surface area contributed by atoms with Gasteiger partial charge in [0.15, 0.2) is 0 Å². The van der Waals surface area contributed by atoms with Crippen molar-refractivity contribution in [3.8, 4) is 0 Å². The normalized spacial score (nSPS) is 20.7. The highest BCUT2D eigenvalue weighted by molar-refractivity contribution is 14.1. The van der Waals surface area contributed by atoms with E-state index in [0.29, 0.717) is 5.82 Å². The maximum Gasteiger partial charge on any atom is 0.239 e. The van der Waals surface area contributed by atoms with Crippen molar-refractivity contribution < 1.29 is 14.3 Å². The molecule has 2 N–H and O–H groups in total. The zero-order valence-corrected chi connectivity index (χ0v) is 17.8. The van der Waals surface area contributed by atoms with E-state index in [-0.39, 0.29) is 36.3 Å². The Kier molecular flexibility index (Phi) is 8.36. The monoisotopic (exact) mass is 484 g/mol. The lowest BCUT2D eigenvalue weighted by Gasteiger charge is -2.22. The van der Waals surface area contributed by atoms with Gasteiger partial charge in [-0.05, 0) is 13.3 Å². The molecule has 0 bridgehead atoms. The summed E-state index contributed by atoms with van der Waals surface area (Å²) in [4.78, 5) is 32.8. The summed E-state index contributed by atoms with van der Waals surface area (Å²) >= 11 is 1.97. The van der Waals surface area contributed by atoms with Gasteiger partial charge in [-0.3, -0.25) is 9.59 Å². The number of hydrogen-bond acceptors (Lipinski definition) is 5. The molecule has 0 saturated carbocycles. The maximum atomic E-state index is 12.4. The molecular formula is C19H25IN4O3. The van der Waals surface area contributed by atoms with Crippen molar-refractivity contribution in [2.45, 2.75) is 48.7 Å². The Morgan fingerprint density at radius 3 is 2.74 bits per heavy atom. The molecule has 8 heteroatoms. The van der Waals surface area contributed by atoms with Crippen LogP contribution in [0.2, 0.25) is 0 Å². The molecule has 7 nitrogen and oxygen atoms in total. The first kappa shape index (κ1) is 21.5. The van der Waals surface area contributed by atoms with E-state index in [1.807, 2.05) is 60.7 Å². The summed E-state index contributed by atoms with van der Waals surface area (Å²) in [5.74, 6) is -0.0339. The van der Waals surface area contributed by atoms with Crippen molar-refractivity contribution in [1.29, 1.82) is 0 Å². The Hall–Kier alpha value is -1.81. The van der Waals surface area contributed by atoms with E-state index in [1.165, 1.54) is 6.33 Å². The van der Waals surface area contributed by atoms with Crippen LogP contribution in [0.5, 0.6) is 0 Å². The molecule has 2 amide bonds. The number of carbonyl (C=O) groups excluding carboxylic acids is 2. The zero-order chi connectivity index (χ0) is 19.8. The lowest BCUT2D eigenvalue weighted by molar-refractivity contribution is -0.124. The first-order valence-electron chi connectivity index (χ1n) is 8.88. The Morgan fingerprint density at radius 1 is 1.30 bits per heavy atom. The molecule has 1 aliphatic carbocycles. The summed E-state index contributed by atoms with van der Waals surface area (Å²) in [5, 5.41) is 5.63. The standard InChI is InChI=1S/C19H25IN4O3/c1-4-12(2)23-18(25)9-14(20)19(26)24-17-10-15(21-11-22-17)13-7-5-6-8-16(13)27-3/h5-8,10-14,16H,4,9H2,1-3H3,(H,23,25)(H,21,22,24,26). The van der Waals surface area contributed by atoms with E-state index >= 15 is 0 Å². The number of hydrogen-bond donors (Lipinski definition) is 2. The fourth-order valence-corrected chi connectivity index (χ4v) is 3.15. The molecule has 4 unspecified atom stereocenters. The molecule has 1 aromatic heterocycles. The number of halogens is 1. The van der Waals surface area contributed by atoms with E-state index in [2.05, 4.69) is 20.6 Å². The number of alkyl halides is 1. The van der Waals surface area contributed by atoms with Gasteiger partial charge in [0.2, 0.25) is 11.8 Å². The number of anilines is 1. The third kappa shape index (κ3) is 6.39. The summed E-state index contributed by atoms with van der Waals surface area (Å²) in [5.41, 5.74) is 0.757. The van der Waals surface area contributed by atoms with Gasteiger partial charge < -0.3 is 15.4 Å². The number of nitrogens with one attached hydrogen (secondary N) is 2. The van der Waals surface area contributed by atoms with Crippen LogP contribution in [0.25, 0.3) is 0 Å². The molecule has 2 rings (SSSR count). The van der Waals surface area contributed by atoms with Gasteiger partial charge >= 0.3 is 0 Å². The van der Waals surface area contributed by atoms with Crippen molar-refractivity contribution in [2.75, 3.05) is 12.4 Å². The third-order valence-corrected chi connectivity index (χ3v) is 5.31. The third-order valence-electron chi connectivity index (χ3n) is 4.31. The molecule has 0 saturated heterocycles. The summed E-state index contributed by atoms with van der Waals surface area (Å²) in [6.45, 7) is 3.93. The molecule has 0 fully saturated rings. The Labute approximate surface area is 173 Å². The van der Waals surface area contributed by atoms with Gasteiger partial charge in [-0.2, -0.15) is 0 Å². The quantitative estimate of drug-likeness (QED) is 0.438. The molecule has 0 aliphatic heterocycles. The number of allylic oxidation sites excluding steroid dienone is 2. The average Bonchev–Trinajstić information content (AvgIpc) is 2.67. The fourth-order valence-electron chi connectivity index (χ4n) is 2.60. The van der Waals surface area contributed by atoms with Crippen molar-refractivity contribution in [3.05, 3.63) is 42.4 Å².